The molecule has 0 saturated heterocycles. The normalized spacial score (nSPS) is 14.0. The topological polar surface area (TPSA) is 78.1 Å². The highest BCUT2D eigenvalue weighted by molar-refractivity contribution is 5.15. The van der Waals surface area contributed by atoms with Crippen LogP contribution in [0.2, 0.25) is 0 Å². The molecule has 0 aromatic carbocycles. The molecular weight excluding hydrogens is 342 g/mol. The van der Waals surface area contributed by atoms with Crippen LogP contribution in [0.25, 0.3) is 0 Å². The van der Waals surface area contributed by atoms with Crippen molar-refractivity contribution in [1.82, 2.24) is 15.0 Å². The second kappa shape index (κ2) is 8.11. The van der Waals surface area contributed by atoms with Crippen LogP contribution in [-0.2, 0) is 12.8 Å². The highest BCUT2D eigenvalue weighted by Gasteiger charge is 2.19. The lowest BCUT2D eigenvalue weighted by atomic mass is 10.0. The van der Waals surface area contributed by atoms with E-state index >= 15 is 0 Å². The maximum absolute atomic E-state index is 5.73. The minimum atomic E-state index is 0.212. The molecule has 3 aromatic heterocycles. The van der Waals surface area contributed by atoms with E-state index in [1.54, 1.807) is 12.5 Å². The molecule has 3 aromatic rings. The molecule has 0 aliphatic heterocycles. The highest BCUT2D eigenvalue weighted by atomic mass is 16.4. The smallest absolute Gasteiger partial charge is 0.197 e. The first-order valence-electron chi connectivity index (χ1n) is 9.66. The van der Waals surface area contributed by atoms with E-state index in [0.29, 0.717) is 11.8 Å². The van der Waals surface area contributed by atoms with Gasteiger partial charge in [0, 0.05) is 31.1 Å². The molecule has 0 amide bonds. The Bertz CT molecular complexity index is 875. The lowest BCUT2D eigenvalue weighted by Gasteiger charge is -2.07. The van der Waals surface area contributed by atoms with Crippen molar-refractivity contribution in [2.24, 2.45) is 0 Å². The predicted molar refractivity (Wildman–Crippen MR) is 102 cm³/mol. The zero-order valence-corrected chi connectivity index (χ0v) is 17.1. The molecule has 3 rings (SSSR count). The van der Waals surface area contributed by atoms with Crippen molar-refractivity contribution >= 4 is 0 Å². The second-order valence-electron chi connectivity index (χ2n) is 7.74. The van der Waals surface area contributed by atoms with Crippen LogP contribution in [0.5, 0.6) is 0 Å². The van der Waals surface area contributed by atoms with Crippen molar-refractivity contribution in [3.05, 3.63) is 53.0 Å². The van der Waals surface area contributed by atoms with Crippen molar-refractivity contribution in [2.45, 2.75) is 78.6 Å². The number of aromatic nitrogens is 3. The Hall–Kier alpha value is -2.37. The number of aryl methyl sites for hydroxylation is 3. The summed E-state index contributed by atoms with van der Waals surface area (Å²) in [6.07, 6.45) is 6.05. The molecule has 3 heterocycles. The third-order valence-corrected chi connectivity index (χ3v) is 4.79. The second-order valence-corrected chi connectivity index (χ2v) is 7.74. The van der Waals surface area contributed by atoms with Crippen LogP contribution < -0.4 is 0 Å². The van der Waals surface area contributed by atoms with Gasteiger partial charge in [0.1, 0.15) is 18.3 Å². The quantitative estimate of drug-likeness (QED) is 0.522. The first kappa shape index (κ1) is 19.4. The molecule has 0 bridgehead atoms. The molecule has 146 valence electrons. The summed E-state index contributed by atoms with van der Waals surface area (Å²) in [5.74, 6) is 3.95. The summed E-state index contributed by atoms with van der Waals surface area (Å²) >= 11 is 0. The number of oxazole rings is 3. The fourth-order valence-electron chi connectivity index (χ4n) is 3.24. The minimum Gasteiger partial charge on any atom is -0.448 e. The van der Waals surface area contributed by atoms with Gasteiger partial charge in [-0.05, 0) is 19.8 Å². The van der Waals surface area contributed by atoms with E-state index in [2.05, 4.69) is 42.6 Å². The Kier molecular flexibility index (Phi) is 5.82. The molecule has 6 nitrogen and oxygen atoms in total. The van der Waals surface area contributed by atoms with Gasteiger partial charge in [0.25, 0.3) is 0 Å². The van der Waals surface area contributed by atoms with Gasteiger partial charge >= 0.3 is 0 Å². The molecule has 0 aliphatic carbocycles. The molecule has 0 aliphatic rings. The van der Waals surface area contributed by atoms with Crippen LogP contribution in [0.3, 0.4) is 0 Å². The Balaban J connectivity index is 1.56. The molecule has 2 unspecified atom stereocenters. The first-order chi connectivity index (χ1) is 12.8. The van der Waals surface area contributed by atoms with E-state index in [1.807, 2.05) is 13.8 Å². The first-order valence-corrected chi connectivity index (χ1v) is 9.66. The summed E-state index contributed by atoms with van der Waals surface area (Å²) in [5.41, 5.74) is 2.88. The summed E-state index contributed by atoms with van der Waals surface area (Å²) in [5, 5.41) is 0. The van der Waals surface area contributed by atoms with E-state index < -0.39 is 0 Å². The maximum Gasteiger partial charge on any atom is 0.197 e. The zero-order chi connectivity index (χ0) is 19.6. The van der Waals surface area contributed by atoms with Gasteiger partial charge in [0.15, 0.2) is 17.7 Å². The SMILES string of the molecule is Cc1nc(C)c(C(C)Cc2coc(C(C)CCc3coc(C(C)C)n3)n2)o1. The standard InChI is InChI=1S/C21H29N3O3/c1-12(2)20-23-17(10-25-20)8-7-13(3)21-24-18(11-26-21)9-14(4)19-15(5)22-16(6)27-19/h10-14H,7-9H2,1-6H3. The Morgan fingerprint density at radius 1 is 0.852 bits per heavy atom. The number of hydrogen-bond acceptors (Lipinski definition) is 6. The van der Waals surface area contributed by atoms with E-state index in [-0.39, 0.29) is 11.8 Å². The average molecular weight is 371 g/mol. The van der Waals surface area contributed by atoms with Gasteiger partial charge in [-0.2, -0.15) is 0 Å². The van der Waals surface area contributed by atoms with E-state index in [0.717, 1.165) is 53.9 Å². The summed E-state index contributed by atoms with van der Waals surface area (Å²) in [6.45, 7) is 12.3. The zero-order valence-electron chi connectivity index (χ0n) is 17.1. The predicted octanol–water partition coefficient (Wildman–Crippen LogP) is 5.47. The molecule has 0 fully saturated rings. The monoisotopic (exact) mass is 371 g/mol. The summed E-state index contributed by atoms with van der Waals surface area (Å²) < 4.78 is 17.0. The van der Waals surface area contributed by atoms with E-state index in [9.17, 15) is 0 Å². The lowest BCUT2D eigenvalue weighted by molar-refractivity contribution is 0.441. The van der Waals surface area contributed by atoms with Gasteiger partial charge in [-0.3, -0.25) is 0 Å². The molecule has 6 heteroatoms. The van der Waals surface area contributed by atoms with Crippen LogP contribution in [0.1, 0.15) is 92.4 Å². The Morgan fingerprint density at radius 3 is 2.15 bits per heavy atom. The van der Waals surface area contributed by atoms with Crippen LogP contribution in [0, 0.1) is 13.8 Å². The van der Waals surface area contributed by atoms with Gasteiger partial charge in [-0.15, -0.1) is 0 Å². The average Bonchev–Trinajstić information content (AvgIpc) is 3.32. The van der Waals surface area contributed by atoms with Crippen LogP contribution >= 0.6 is 0 Å². The molecular formula is C21H29N3O3. The molecule has 2 atom stereocenters. The van der Waals surface area contributed by atoms with Gasteiger partial charge < -0.3 is 13.3 Å². The highest BCUT2D eigenvalue weighted by Crippen LogP contribution is 2.26. The third-order valence-electron chi connectivity index (χ3n) is 4.79. The van der Waals surface area contributed by atoms with Crippen molar-refractivity contribution in [2.75, 3.05) is 0 Å². The summed E-state index contributed by atoms with van der Waals surface area (Å²) in [4.78, 5) is 13.6. The molecule has 0 N–H and O–H groups in total. The largest absolute Gasteiger partial charge is 0.448 e. The van der Waals surface area contributed by atoms with Gasteiger partial charge in [-0.25, -0.2) is 15.0 Å². The minimum absolute atomic E-state index is 0.212. The molecule has 0 radical (unpaired) electrons. The number of hydrogen-bond donors (Lipinski definition) is 0. The van der Waals surface area contributed by atoms with Crippen LogP contribution in [-0.4, -0.2) is 15.0 Å². The van der Waals surface area contributed by atoms with Crippen molar-refractivity contribution in [3.63, 3.8) is 0 Å². The maximum atomic E-state index is 5.73. The Morgan fingerprint density at radius 2 is 1.52 bits per heavy atom. The van der Waals surface area contributed by atoms with Crippen molar-refractivity contribution in [1.29, 1.82) is 0 Å². The van der Waals surface area contributed by atoms with Crippen molar-refractivity contribution < 1.29 is 13.3 Å². The lowest BCUT2D eigenvalue weighted by Crippen LogP contribution is -2.01. The van der Waals surface area contributed by atoms with Gasteiger partial charge in [0.2, 0.25) is 0 Å². The fourth-order valence-corrected chi connectivity index (χ4v) is 3.24. The number of rotatable bonds is 8. The van der Waals surface area contributed by atoms with Crippen molar-refractivity contribution in [3.8, 4) is 0 Å². The summed E-state index contributed by atoms with van der Waals surface area (Å²) in [6, 6.07) is 0. The number of nitrogens with zero attached hydrogens (tertiary/aromatic N) is 3. The Labute approximate surface area is 160 Å². The van der Waals surface area contributed by atoms with Crippen LogP contribution in [0.15, 0.2) is 25.8 Å². The van der Waals surface area contributed by atoms with E-state index in [1.165, 1.54) is 0 Å². The fraction of sp³-hybridized carbons (Fsp3) is 0.571. The van der Waals surface area contributed by atoms with Crippen LogP contribution in [0.4, 0.5) is 0 Å². The van der Waals surface area contributed by atoms with Gasteiger partial charge in [0.05, 0.1) is 17.1 Å². The molecule has 0 spiro atoms. The summed E-state index contributed by atoms with van der Waals surface area (Å²) in [7, 11) is 0. The van der Waals surface area contributed by atoms with Gasteiger partial charge in [-0.1, -0.05) is 27.7 Å². The third kappa shape index (κ3) is 4.67. The molecule has 27 heavy (non-hydrogen) atoms. The van der Waals surface area contributed by atoms with E-state index in [4.69, 9.17) is 13.3 Å². The molecule has 0 saturated carbocycles.